The zero-order valence-corrected chi connectivity index (χ0v) is 19.9. The number of para-hydroxylation sites is 1. The molecule has 0 radical (unpaired) electrons. The van der Waals surface area contributed by atoms with Crippen molar-refractivity contribution in [1.29, 1.82) is 0 Å². The van der Waals surface area contributed by atoms with E-state index in [9.17, 15) is 14.7 Å². The molecule has 1 heterocycles. The summed E-state index contributed by atoms with van der Waals surface area (Å²) in [5.41, 5.74) is -1.41. The van der Waals surface area contributed by atoms with Crippen molar-refractivity contribution in [2.75, 3.05) is 36.4 Å². The number of hydrogen-bond donors (Lipinski definition) is 3. The number of urea groups is 1. The number of anilines is 2. The molecule has 0 unspecified atom stereocenters. The van der Waals surface area contributed by atoms with Gasteiger partial charge in [-0.25, -0.2) is 4.79 Å². The second-order valence-electron chi connectivity index (χ2n) is 7.88. The Morgan fingerprint density at radius 1 is 1.19 bits per heavy atom. The van der Waals surface area contributed by atoms with Crippen molar-refractivity contribution in [2.45, 2.75) is 26.5 Å². The number of amides is 3. The molecule has 0 fully saturated rings. The molecule has 0 bridgehead atoms. The molecule has 0 saturated carbocycles. The molecule has 32 heavy (non-hydrogen) atoms. The van der Waals surface area contributed by atoms with Gasteiger partial charge in [-0.05, 0) is 43.3 Å². The SMILES string of the molecule is CCN(CC)C[C@@H](C)CNC(=O)[C@]1(O)c2ccccc2NC(=O)N1c1ccc(Cl)c(Cl)c1. The Bertz CT molecular complexity index is 999. The Morgan fingerprint density at radius 2 is 1.88 bits per heavy atom. The van der Waals surface area contributed by atoms with Crippen LogP contribution < -0.4 is 15.5 Å². The molecule has 0 saturated heterocycles. The molecular formula is C23H28Cl2N4O3. The Labute approximate surface area is 198 Å². The molecule has 0 aliphatic carbocycles. The van der Waals surface area contributed by atoms with Crippen LogP contribution in [0, 0.1) is 5.92 Å². The van der Waals surface area contributed by atoms with Crippen LogP contribution in [0.4, 0.5) is 16.2 Å². The van der Waals surface area contributed by atoms with Gasteiger partial charge in [-0.2, -0.15) is 0 Å². The molecule has 1 aliphatic heterocycles. The maximum absolute atomic E-state index is 13.4. The average Bonchev–Trinajstić information content (AvgIpc) is 2.78. The second kappa shape index (κ2) is 10.1. The lowest BCUT2D eigenvalue weighted by molar-refractivity contribution is -0.140. The summed E-state index contributed by atoms with van der Waals surface area (Å²) >= 11 is 12.2. The highest BCUT2D eigenvalue weighted by Gasteiger charge is 2.52. The first kappa shape index (κ1) is 24.3. The predicted molar refractivity (Wildman–Crippen MR) is 128 cm³/mol. The van der Waals surface area contributed by atoms with Crippen LogP contribution in [0.2, 0.25) is 10.0 Å². The Balaban J connectivity index is 1.96. The lowest BCUT2D eigenvalue weighted by atomic mass is 9.94. The van der Waals surface area contributed by atoms with Crippen LogP contribution >= 0.6 is 23.2 Å². The van der Waals surface area contributed by atoms with Gasteiger partial charge in [0.15, 0.2) is 0 Å². The highest BCUT2D eigenvalue weighted by atomic mass is 35.5. The summed E-state index contributed by atoms with van der Waals surface area (Å²) in [5, 5.41) is 17.8. The molecule has 1 aliphatic rings. The third-order valence-electron chi connectivity index (χ3n) is 5.62. The molecule has 3 rings (SSSR count). The average molecular weight is 479 g/mol. The van der Waals surface area contributed by atoms with Crippen LogP contribution in [-0.2, 0) is 10.5 Å². The normalized spacial score (nSPS) is 18.8. The first-order valence-electron chi connectivity index (χ1n) is 10.6. The minimum Gasteiger partial charge on any atom is -0.359 e. The number of rotatable bonds is 8. The van der Waals surface area contributed by atoms with Gasteiger partial charge >= 0.3 is 6.03 Å². The summed E-state index contributed by atoms with van der Waals surface area (Å²) in [6.07, 6.45) is 0. The number of aliphatic hydroxyl groups is 1. The number of halogens is 2. The quantitative estimate of drug-likeness (QED) is 0.528. The first-order chi connectivity index (χ1) is 15.2. The smallest absolute Gasteiger partial charge is 0.329 e. The molecule has 2 aromatic carbocycles. The van der Waals surface area contributed by atoms with Crippen LogP contribution in [0.1, 0.15) is 26.3 Å². The summed E-state index contributed by atoms with van der Waals surface area (Å²) < 4.78 is 0. The third-order valence-corrected chi connectivity index (χ3v) is 6.36. The fourth-order valence-electron chi connectivity index (χ4n) is 3.86. The van der Waals surface area contributed by atoms with E-state index in [1.165, 1.54) is 18.2 Å². The fraction of sp³-hybridized carbons (Fsp3) is 0.391. The van der Waals surface area contributed by atoms with Gasteiger partial charge in [-0.3, -0.25) is 9.69 Å². The van der Waals surface area contributed by atoms with Crippen LogP contribution in [-0.4, -0.2) is 48.1 Å². The second-order valence-corrected chi connectivity index (χ2v) is 8.70. The minimum absolute atomic E-state index is 0.147. The van der Waals surface area contributed by atoms with Crippen molar-refractivity contribution < 1.29 is 14.7 Å². The van der Waals surface area contributed by atoms with E-state index in [1.807, 2.05) is 6.92 Å². The van der Waals surface area contributed by atoms with Gasteiger partial charge in [0.05, 0.1) is 21.4 Å². The van der Waals surface area contributed by atoms with E-state index in [4.69, 9.17) is 23.2 Å². The number of carbonyl (C=O) groups excluding carboxylic acids is 2. The number of nitrogens with zero attached hydrogens (tertiary/aromatic N) is 2. The van der Waals surface area contributed by atoms with Crippen molar-refractivity contribution in [3.63, 3.8) is 0 Å². The maximum Gasteiger partial charge on any atom is 0.329 e. The van der Waals surface area contributed by atoms with E-state index >= 15 is 0 Å². The molecule has 2 aromatic rings. The van der Waals surface area contributed by atoms with E-state index in [1.54, 1.807) is 24.3 Å². The minimum atomic E-state index is -2.27. The van der Waals surface area contributed by atoms with Crippen molar-refractivity contribution in [2.24, 2.45) is 5.92 Å². The van der Waals surface area contributed by atoms with Gasteiger partial charge < -0.3 is 20.6 Å². The fourth-order valence-corrected chi connectivity index (χ4v) is 4.16. The number of fused-ring (bicyclic) bond motifs is 1. The topological polar surface area (TPSA) is 84.9 Å². The Kier molecular flexibility index (Phi) is 7.67. The summed E-state index contributed by atoms with van der Waals surface area (Å²) in [7, 11) is 0. The zero-order valence-electron chi connectivity index (χ0n) is 18.4. The number of carbonyl (C=O) groups is 2. The molecule has 9 heteroatoms. The molecular weight excluding hydrogens is 451 g/mol. The first-order valence-corrected chi connectivity index (χ1v) is 11.4. The number of benzene rings is 2. The lowest BCUT2D eigenvalue weighted by Crippen LogP contribution is -2.63. The largest absolute Gasteiger partial charge is 0.359 e. The standard InChI is InChI=1S/C23H28Cl2N4O3/c1-4-28(5-2)14-15(3)13-26-21(30)23(32)17-8-6-7-9-20(17)27-22(31)29(23)16-10-11-18(24)19(25)12-16/h6-12,15,32H,4-5,13-14H2,1-3H3,(H,26,30)(H,27,31)/t15-,23+/m0/s1. The van der Waals surface area contributed by atoms with Gasteiger partial charge in [0.25, 0.3) is 11.6 Å². The summed E-state index contributed by atoms with van der Waals surface area (Å²) in [4.78, 5) is 29.7. The van der Waals surface area contributed by atoms with Gasteiger partial charge in [0.2, 0.25) is 0 Å². The van der Waals surface area contributed by atoms with E-state index in [2.05, 4.69) is 29.4 Å². The van der Waals surface area contributed by atoms with Crippen molar-refractivity contribution in [1.82, 2.24) is 10.2 Å². The maximum atomic E-state index is 13.4. The summed E-state index contributed by atoms with van der Waals surface area (Å²) in [6.45, 7) is 9.18. The molecule has 2 atom stereocenters. The number of nitrogens with one attached hydrogen (secondary N) is 2. The van der Waals surface area contributed by atoms with Crippen LogP contribution in [0.3, 0.4) is 0 Å². The van der Waals surface area contributed by atoms with Gasteiger partial charge in [-0.15, -0.1) is 0 Å². The number of hydrogen-bond acceptors (Lipinski definition) is 4. The Morgan fingerprint density at radius 3 is 2.53 bits per heavy atom. The molecule has 0 spiro atoms. The van der Waals surface area contributed by atoms with E-state index in [0.29, 0.717) is 17.3 Å². The van der Waals surface area contributed by atoms with Crippen molar-refractivity contribution in [3.8, 4) is 0 Å². The van der Waals surface area contributed by atoms with Gasteiger partial charge in [0.1, 0.15) is 0 Å². The van der Waals surface area contributed by atoms with Crippen LogP contribution in [0.5, 0.6) is 0 Å². The van der Waals surface area contributed by atoms with E-state index in [0.717, 1.165) is 24.5 Å². The third kappa shape index (κ3) is 4.71. The predicted octanol–water partition coefficient (Wildman–Crippen LogP) is 4.28. The van der Waals surface area contributed by atoms with Crippen molar-refractivity contribution >= 4 is 46.5 Å². The monoisotopic (exact) mass is 478 g/mol. The summed E-state index contributed by atoms with van der Waals surface area (Å²) in [5.74, 6) is -0.550. The molecule has 7 nitrogen and oxygen atoms in total. The van der Waals surface area contributed by atoms with E-state index < -0.39 is 17.7 Å². The van der Waals surface area contributed by atoms with Crippen LogP contribution in [0.15, 0.2) is 42.5 Å². The summed E-state index contributed by atoms with van der Waals surface area (Å²) in [6, 6.07) is 10.5. The van der Waals surface area contributed by atoms with Gasteiger partial charge in [0, 0.05) is 18.7 Å². The highest BCUT2D eigenvalue weighted by Crippen LogP contribution is 2.41. The molecule has 172 valence electrons. The zero-order chi connectivity index (χ0) is 23.5. The van der Waals surface area contributed by atoms with Crippen LogP contribution in [0.25, 0.3) is 0 Å². The highest BCUT2D eigenvalue weighted by molar-refractivity contribution is 6.42. The van der Waals surface area contributed by atoms with Gasteiger partial charge in [-0.1, -0.05) is 62.2 Å². The lowest BCUT2D eigenvalue weighted by Gasteiger charge is -2.42. The molecule has 3 amide bonds. The van der Waals surface area contributed by atoms with E-state index in [-0.39, 0.29) is 22.2 Å². The molecule has 0 aromatic heterocycles. The Hall–Kier alpha value is -2.32. The van der Waals surface area contributed by atoms with Crippen molar-refractivity contribution in [3.05, 3.63) is 58.1 Å². The molecule has 3 N–H and O–H groups in total.